The third-order valence-corrected chi connectivity index (χ3v) is 4.61. The van der Waals surface area contributed by atoms with E-state index in [0.717, 1.165) is 6.42 Å². The lowest BCUT2D eigenvalue weighted by molar-refractivity contribution is -0.131. The van der Waals surface area contributed by atoms with Gasteiger partial charge in [0.2, 0.25) is 0 Å². The van der Waals surface area contributed by atoms with Gasteiger partial charge in [0.15, 0.2) is 5.75 Å². The van der Waals surface area contributed by atoms with Crippen molar-refractivity contribution in [1.29, 1.82) is 0 Å². The van der Waals surface area contributed by atoms with Gasteiger partial charge in [0, 0.05) is 5.56 Å². The fourth-order valence-electron chi connectivity index (χ4n) is 2.52. The third-order valence-electron chi connectivity index (χ3n) is 4.25. The molecule has 0 radical (unpaired) electrons. The maximum atomic E-state index is 11.6. The summed E-state index contributed by atoms with van der Waals surface area (Å²) in [4.78, 5) is 27.6. The molecule has 0 aliphatic rings. The lowest BCUT2D eigenvalue weighted by atomic mass is 9.99. The summed E-state index contributed by atoms with van der Waals surface area (Å²) in [7, 11) is 0. The summed E-state index contributed by atoms with van der Waals surface area (Å²) in [5.74, 6) is -0.931. The maximum absolute atomic E-state index is 11.6. The van der Waals surface area contributed by atoms with Crippen molar-refractivity contribution in [3.05, 3.63) is 58.7 Å². The van der Waals surface area contributed by atoms with Crippen LogP contribution in [0.4, 0.5) is 0 Å². The molecule has 1 atom stereocenters. The number of carboxylic acids is 1. The number of benzene rings is 2. The highest BCUT2D eigenvalue weighted by molar-refractivity contribution is 7.90. The summed E-state index contributed by atoms with van der Waals surface area (Å²) >= 11 is 0.642. The number of hydrogen-bond donors (Lipinski definition) is 1. The summed E-state index contributed by atoms with van der Waals surface area (Å²) < 4.78 is 10.5. The van der Waals surface area contributed by atoms with Gasteiger partial charge in [-0.1, -0.05) is 30.3 Å². The van der Waals surface area contributed by atoms with Crippen LogP contribution in [0.1, 0.15) is 53.2 Å². The summed E-state index contributed by atoms with van der Waals surface area (Å²) in [5, 5.41) is 8.81. The Morgan fingerprint density at radius 3 is 2.22 bits per heavy atom. The molecule has 0 spiro atoms. The molecule has 2 rings (SSSR count). The van der Waals surface area contributed by atoms with Crippen LogP contribution < -0.4 is 9.07 Å². The summed E-state index contributed by atoms with van der Waals surface area (Å²) in [6.45, 7) is 7.74. The number of carbonyl (C=O) groups excluding carboxylic acids is 1. The Bertz CT molecular complexity index is 793. The molecule has 7 heteroatoms. The minimum Gasteiger partial charge on any atom is -0.475 e. The molecule has 0 saturated heterocycles. The third kappa shape index (κ3) is 5.48. The van der Waals surface area contributed by atoms with E-state index in [-0.39, 0.29) is 5.56 Å². The molecule has 144 valence electrons. The quantitative estimate of drug-likeness (QED) is 0.160. The zero-order valence-corrected chi connectivity index (χ0v) is 16.5. The summed E-state index contributed by atoms with van der Waals surface area (Å²) in [6.07, 6.45) is 1.07. The molecule has 2 aromatic carbocycles. The van der Waals surface area contributed by atoms with E-state index in [0.29, 0.717) is 40.9 Å². The number of carboxylic acid groups (broad SMARTS) is 1. The normalized spacial score (nSPS) is 11.7. The van der Waals surface area contributed by atoms with E-state index >= 15 is 0 Å². The first kappa shape index (κ1) is 20.8. The van der Waals surface area contributed by atoms with E-state index in [9.17, 15) is 9.59 Å². The van der Waals surface area contributed by atoms with Crippen molar-refractivity contribution in [2.45, 2.75) is 40.0 Å². The second kappa shape index (κ2) is 9.43. The highest BCUT2D eigenvalue weighted by atomic mass is 32.2. The number of ketones is 1. The molecule has 2 aromatic rings. The van der Waals surface area contributed by atoms with Gasteiger partial charge in [-0.2, -0.15) is 0 Å². The Morgan fingerprint density at radius 1 is 1.11 bits per heavy atom. The molecule has 0 fully saturated rings. The number of aryl methyl sites for hydroxylation is 2. The van der Waals surface area contributed by atoms with Crippen molar-refractivity contribution < 1.29 is 28.1 Å². The first-order chi connectivity index (χ1) is 12.8. The fraction of sp³-hybridized carbons (Fsp3) is 0.300. The summed E-state index contributed by atoms with van der Waals surface area (Å²) in [6, 6.07) is 10.6. The van der Waals surface area contributed by atoms with E-state index in [1.54, 1.807) is 13.8 Å². The van der Waals surface area contributed by atoms with Crippen LogP contribution in [0.15, 0.2) is 36.4 Å². The molecule has 6 nitrogen and oxygen atoms in total. The number of aliphatic carboxylic acids is 1. The van der Waals surface area contributed by atoms with Gasteiger partial charge in [-0.25, -0.2) is 4.79 Å². The molecular formula is C20H22O6S. The highest BCUT2D eigenvalue weighted by Gasteiger charge is 2.18. The van der Waals surface area contributed by atoms with Crippen LogP contribution in [-0.2, 0) is 9.13 Å². The molecule has 0 heterocycles. The Labute approximate surface area is 162 Å². The molecule has 0 bridgehead atoms. The van der Waals surface area contributed by atoms with Gasteiger partial charge in [-0.05, 0) is 67.1 Å². The molecule has 0 aliphatic carbocycles. The van der Waals surface area contributed by atoms with Crippen LogP contribution in [0.2, 0.25) is 0 Å². The zero-order valence-electron chi connectivity index (χ0n) is 15.6. The molecule has 0 aromatic heterocycles. The second-order valence-corrected chi connectivity index (χ2v) is 6.69. The van der Waals surface area contributed by atoms with Gasteiger partial charge in [-0.15, -0.1) is 0 Å². The monoisotopic (exact) mass is 390 g/mol. The average molecular weight is 390 g/mol. The van der Waals surface area contributed by atoms with Crippen molar-refractivity contribution in [1.82, 2.24) is 0 Å². The van der Waals surface area contributed by atoms with Gasteiger partial charge >= 0.3 is 5.97 Å². The second-order valence-electron chi connectivity index (χ2n) is 6.25. The molecule has 0 amide bonds. The molecule has 1 unspecified atom stereocenters. The van der Waals surface area contributed by atoms with Gasteiger partial charge < -0.3 is 14.2 Å². The molecule has 0 saturated carbocycles. The van der Waals surface area contributed by atoms with Crippen LogP contribution in [-0.4, -0.2) is 16.9 Å². The first-order valence-electron chi connectivity index (χ1n) is 8.50. The van der Waals surface area contributed by atoms with Gasteiger partial charge in [-0.3, -0.25) is 4.79 Å². The van der Waals surface area contributed by atoms with Crippen LogP contribution in [0.3, 0.4) is 0 Å². The van der Waals surface area contributed by atoms with Crippen LogP contribution in [0, 0.1) is 13.8 Å². The van der Waals surface area contributed by atoms with E-state index < -0.39 is 11.8 Å². The maximum Gasteiger partial charge on any atom is 0.377 e. The predicted octanol–water partition coefficient (Wildman–Crippen LogP) is 5.04. The van der Waals surface area contributed by atoms with Gasteiger partial charge in [0.1, 0.15) is 5.75 Å². The van der Waals surface area contributed by atoms with Crippen molar-refractivity contribution in [3.8, 4) is 11.5 Å². The van der Waals surface area contributed by atoms with Crippen molar-refractivity contribution in [3.63, 3.8) is 0 Å². The van der Waals surface area contributed by atoms with Gasteiger partial charge in [0.25, 0.3) is 18.1 Å². The predicted molar refractivity (Wildman–Crippen MR) is 103 cm³/mol. The number of hydrogen-bond acceptors (Lipinski definition) is 6. The lowest BCUT2D eigenvalue weighted by Gasteiger charge is -2.11. The number of rotatable bonds is 9. The molecular weight excluding hydrogens is 368 g/mol. The topological polar surface area (TPSA) is 82.1 Å². The van der Waals surface area contributed by atoms with E-state index in [1.807, 2.05) is 24.3 Å². The highest BCUT2D eigenvalue weighted by Crippen LogP contribution is 2.29. The Hall–Kier alpha value is -2.51. The van der Waals surface area contributed by atoms with Crippen LogP contribution >= 0.6 is 12.3 Å². The van der Waals surface area contributed by atoms with Crippen molar-refractivity contribution in [2.75, 3.05) is 0 Å². The Balaban J connectivity index is 1.92. The smallest absolute Gasteiger partial charge is 0.377 e. The number of carbonyl (C=O) groups is 2. The SMILES string of the molecule is CCC(C)c1ccc(OOSOc2c(C)cc(C(=O)C(=O)O)cc2C)cc1. The number of Topliss-reactive ketones (excluding diaryl/α,β-unsaturated/α-hetero) is 1. The minimum atomic E-state index is -1.49. The van der Waals surface area contributed by atoms with Crippen molar-refractivity contribution in [2.24, 2.45) is 0 Å². The Morgan fingerprint density at radius 2 is 1.70 bits per heavy atom. The first-order valence-corrected chi connectivity index (χ1v) is 9.16. The molecule has 0 aliphatic heterocycles. The minimum absolute atomic E-state index is 0.105. The van der Waals surface area contributed by atoms with Gasteiger partial charge in [0.05, 0.1) is 0 Å². The molecule has 1 N–H and O–H groups in total. The molecule has 27 heavy (non-hydrogen) atoms. The van der Waals surface area contributed by atoms with E-state index in [1.165, 1.54) is 17.7 Å². The van der Waals surface area contributed by atoms with Crippen LogP contribution in [0.25, 0.3) is 0 Å². The largest absolute Gasteiger partial charge is 0.475 e. The Kier molecular flexibility index (Phi) is 7.27. The summed E-state index contributed by atoms with van der Waals surface area (Å²) in [5.41, 5.74) is 2.58. The average Bonchev–Trinajstić information content (AvgIpc) is 2.65. The van der Waals surface area contributed by atoms with Crippen molar-refractivity contribution >= 4 is 24.1 Å². The lowest BCUT2D eigenvalue weighted by Crippen LogP contribution is -2.13. The fourth-order valence-corrected chi connectivity index (χ4v) is 2.99. The van der Waals surface area contributed by atoms with E-state index in [4.69, 9.17) is 18.5 Å². The van der Waals surface area contributed by atoms with Crippen LogP contribution in [0.5, 0.6) is 11.5 Å². The standard InChI is InChI=1S/C20H22O6S/c1-5-12(2)15-6-8-17(9-7-15)24-26-27-25-19-13(3)10-16(11-14(19)4)18(21)20(22)23/h6-12H,5H2,1-4H3,(H,22,23). The van der Waals surface area contributed by atoms with E-state index in [2.05, 4.69) is 13.8 Å². The zero-order chi connectivity index (χ0) is 20.0.